The van der Waals surface area contributed by atoms with Crippen LogP contribution in [0.15, 0.2) is 24.8 Å². The molecule has 80 valence electrons. The number of allylic oxidation sites excluding steroid dienone is 2. The van der Waals surface area contributed by atoms with Crippen molar-refractivity contribution in [1.29, 1.82) is 0 Å². The SMILES string of the molecule is C=CCCCCC/C=C\CC(=O)OC. The van der Waals surface area contributed by atoms with Gasteiger partial charge in [-0.1, -0.05) is 24.6 Å². The molecule has 0 N–H and O–H groups in total. The summed E-state index contributed by atoms with van der Waals surface area (Å²) in [4.78, 5) is 10.7. The van der Waals surface area contributed by atoms with Gasteiger partial charge in [-0.15, -0.1) is 6.58 Å². The Morgan fingerprint density at radius 2 is 1.93 bits per heavy atom. The predicted molar refractivity (Wildman–Crippen MR) is 59.1 cm³/mol. The molecule has 0 aliphatic carbocycles. The maximum absolute atomic E-state index is 10.7. The number of rotatable bonds is 8. The highest BCUT2D eigenvalue weighted by molar-refractivity contribution is 5.70. The second-order valence-corrected chi connectivity index (χ2v) is 3.18. The molecule has 0 saturated carbocycles. The molecule has 2 nitrogen and oxygen atoms in total. The second-order valence-electron chi connectivity index (χ2n) is 3.18. The molecule has 0 unspecified atom stereocenters. The van der Waals surface area contributed by atoms with Crippen molar-refractivity contribution >= 4 is 5.97 Å². The van der Waals surface area contributed by atoms with Crippen LogP contribution in [0.1, 0.15) is 38.5 Å². The van der Waals surface area contributed by atoms with Crippen molar-refractivity contribution in [3.8, 4) is 0 Å². The van der Waals surface area contributed by atoms with E-state index < -0.39 is 0 Å². The summed E-state index contributed by atoms with van der Waals surface area (Å²) in [7, 11) is 1.41. The topological polar surface area (TPSA) is 26.3 Å². The lowest BCUT2D eigenvalue weighted by Gasteiger charge is -1.95. The molecule has 0 atom stereocenters. The van der Waals surface area contributed by atoms with Crippen LogP contribution in [-0.2, 0) is 9.53 Å². The first-order valence-corrected chi connectivity index (χ1v) is 5.14. The molecule has 0 heterocycles. The molecule has 0 amide bonds. The molecule has 2 heteroatoms. The van der Waals surface area contributed by atoms with Crippen molar-refractivity contribution in [3.05, 3.63) is 24.8 Å². The average molecular weight is 196 g/mol. The van der Waals surface area contributed by atoms with Gasteiger partial charge in [0, 0.05) is 0 Å². The number of esters is 1. The molecule has 0 aliphatic rings. The average Bonchev–Trinajstić information content (AvgIpc) is 2.21. The smallest absolute Gasteiger partial charge is 0.309 e. The Morgan fingerprint density at radius 1 is 1.21 bits per heavy atom. The van der Waals surface area contributed by atoms with Crippen LogP contribution in [0.4, 0.5) is 0 Å². The molecule has 0 saturated heterocycles. The van der Waals surface area contributed by atoms with E-state index in [9.17, 15) is 4.79 Å². The fourth-order valence-corrected chi connectivity index (χ4v) is 1.11. The molecule has 0 spiro atoms. The van der Waals surface area contributed by atoms with Gasteiger partial charge in [-0.3, -0.25) is 4.79 Å². The van der Waals surface area contributed by atoms with Gasteiger partial charge in [0.15, 0.2) is 0 Å². The number of hydrogen-bond acceptors (Lipinski definition) is 2. The van der Waals surface area contributed by atoms with Crippen molar-refractivity contribution in [3.63, 3.8) is 0 Å². The molecular formula is C12H20O2. The van der Waals surface area contributed by atoms with Gasteiger partial charge >= 0.3 is 5.97 Å². The van der Waals surface area contributed by atoms with Crippen LogP contribution in [-0.4, -0.2) is 13.1 Å². The number of hydrogen-bond donors (Lipinski definition) is 0. The van der Waals surface area contributed by atoms with Gasteiger partial charge < -0.3 is 4.74 Å². The minimum Gasteiger partial charge on any atom is -0.469 e. The van der Waals surface area contributed by atoms with Crippen LogP contribution in [0.2, 0.25) is 0 Å². The van der Waals surface area contributed by atoms with E-state index in [1.807, 2.05) is 18.2 Å². The van der Waals surface area contributed by atoms with Gasteiger partial charge in [0.2, 0.25) is 0 Å². The van der Waals surface area contributed by atoms with Crippen LogP contribution < -0.4 is 0 Å². The summed E-state index contributed by atoms with van der Waals surface area (Å²) in [6.45, 7) is 3.67. The van der Waals surface area contributed by atoms with Crippen LogP contribution in [0.3, 0.4) is 0 Å². The van der Waals surface area contributed by atoms with Crippen LogP contribution in [0.5, 0.6) is 0 Å². The third-order valence-electron chi connectivity index (χ3n) is 1.96. The molecule has 0 bridgehead atoms. The Bertz CT molecular complexity index is 183. The van der Waals surface area contributed by atoms with Crippen molar-refractivity contribution in [2.24, 2.45) is 0 Å². The quantitative estimate of drug-likeness (QED) is 0.338. The van der Waals surface area contributed by atoms with Gasteiger partial charge in [0.25, 0.3) is 0 Å². The summed E-state index contributed by atoms with van der Waals surface area (Å²) < 4.78 is 4.51. The van der Waals surface area contributed by atoms with E-state index in [1.165, 1.54) is 26.4 Å². The largest absolute Gasteiger partial charge is 0.469 e. The summed E-state index contributed by atoms with van der Waals surface area (Å²) in [6.07, 6.45) is 12.1. The highest BCUT2D eigenvalue weighted by Gasteiger charge is 1.92. The Balaban J connectivity index is 3.18. The van der Waals surface area contributed by atoms with E-state index in [0.717, 1.165) is 12.8 Å². The zero-order chi connectivity index (χ0) is 10.6. The minimum absolute atomic E-state index is 0.173. The van der Waals surface area contributed by atoms with E-state index >= 15 is 0 Å². The Labute approximate surface area is 86.6 Å². The normalized spacial score (nSPS) is 10.4. The van der Waals surface area contributed by atoms with E-state index in [-0.39, 0.29) is 5.97 Å². The zero-order valence-corrected chi connectivity index (χ0v) is 9.00. The van der Waals surface area contributed by atoms with E-state index in [4.69, 9.17) is 0 Å². The molecule has 0 rings (SSSR count). The third-order valence-corrected chi connectivity index (χ3v) is 1.96. The highest BCUT2D eigenvalue weighted by atomic mass is 16.5. The van der Waals surface area contributed by atoms with E-state index in [0.29, 0.717) is 6.42 Å². The Morgan fingerprint density at radius 3 is 2.57 bits per heavy atom. The number of methoxy groups -OCH3 is 1. The number of carbonyl (C=O) groups excluding carboxylic acids is 1. The number of carbonyl (C=O) groups is 1. The lowest BCUT2D eigenvalue weighted by Crippen LogP contribution is -1.96. The second kappa shape index (κ2) is 10.0. The van der Waals surface area contributed by atoms with Gasteiger partial charge in [-0.2, -0.15) is 0 Å². The third kappa shape index (κ3) is 9.04. The first-order valence-electron chi connectivity index (χ1n) is 5.14. The summed E-state index contributed by atoms with van der Waals surface area (Å²) in [5, 5.41) is 0. The fourth-order valence-electron chi connectivity index (χ4n) is 1.11. The first-order chi connectivity index (χ1) is 6.81. The summed E-state index contributed by atoms with van der Waals surface area (Å²) in [5.41, 5.74) is 0. The zero-order valence-electron chi connectivity index (χ0n) is 9.00. The van der Waals surface area contributed by atoms with Crippen molar-refractivity contribution < 1.29 is 9.53 Å². The van der Waals surface area contributed by atoms with Crippen LogP contribution >= 0.6 is 0 Å². The number of unbranched alkanes of at least 4 members (excludes halogenated alkanes) is 4. The predicted octanol–water partition coefficient (Wildman–Crippen LogP) is 3.24. The highest BCUT2D eigenvalue weighted by Crippen LogP contribution is 2.04. The maximum atomic E-state index is 10.7. The van der Waals surface area contributed by atoms with Gasteiger partial charge in [-0.05, 0) is 25.7 Å². The first kappa shape index (κ1) is 12.9. The van der Waals surface area contributed by atoms with Crippen molar-refractivity contribution in [2.45, 2.75) is 38.5 Å². The molecule has 0 aromatic heterocycles. The standard InChI is InChI=1S/C12H20O2/c1-3-4-5-6-7-8-9-10-11-12(13)14-2/h3,9-10H,1,4-8,11H2,2H3/b10-9-. The van der Waals surface area contributed by atoms with Gasteiger partial charge in [-0.25, -0.2) is 0 Å². The lowest BCUT2D eigenvalue weighted by molar-refractivity contribution is -0.139. The monoisotopic (exact) mass is 196 g/mol. The minimum atomic E-state index is -0.173. The maximum Gasteiger partial charge on any atom is 0.309 e. The van der Waals surface area contributed by atoms with E-state index in [1.54, 1.807) is 0 Å². The summed E-state index contributed by atoms with van der Waals surface area (Å²) >= 11 is 0. The van der Waals surface area contributed by atoms with Crippen LogP contribution in [0, 0.1) is 0 Å². The number of ether oxygens (including phenoxy) is 1. The van der Waals surface area contributed by atoms with Crippen molar-refractivity contribution in [2.75, 3.05) is 7.11 Å². The molecular weight excluding hydrogens is 176 g/mol. The molecule has 0 radical (unpaired) electrons. The molecule has 0 aromatic carbocycles. The van der Waals surface area contributed by atoms with Gasteiger partial charge in [0.05, 0.1) is 13.5 Å². The molecule has 0 aromatic rings. The lowest BCUT2D eigenvalue weighted by atomic mass is 10.1. The Hall–Kier alpha value is -1.05. The van der Waals surface area contributed by atoms with E-state index in [2.05, 4.69) is 11.3 Å². The Kier molecular flexibility index (Phi) is 9.28. The van der Waals surface area contributed by atoms with Crippen LogP contribution in [0.25, 0.3) is 0 Å². The molecule has 0 aliphatic heterocycles. The van der Waals surface area contributed by atoms with Gasteiger partial charge in [0.1, 0.15) is 0 Å². The summed E-state index contributed by atoms with van der Waals surface area (Å²) in [5.74, 6) is -0.173. The fraction of sp³-hybridized carbons (Fsp3) is 0.583. The molecule has 0 fully saturated rings. The molecule has 14 heavy (non-hydrogen) atoms. The summed E-state index contributed by atoms with van der Waals surface area (Å²) in [6, 6.07) is 0. The van der Waals surface area contributed by atoms with Crippen molar-refractivity contribution in [1.82, 2.24) is 0 Å².